The van der Waals surface area contributed by atoms with Gasteiger partial charge in [-0.3, -0.25) is 9.69 Å². The SMILES string of the molecule is CCCC(NC(=O)CCN(Cc1cccc2ccccc12)C1CC1)C(=O)O. The molecule has 1 amide bonds. The minimum absolute atomic E-state index is 0.181. The number of amides is 1. The van der Waals surface area contributed by atoms with Crippen LogP contribution >= 0.6 is 0 Å². The molecule has 1 saturated carbocycles. The molecule has 5 heteroatoms. The summed E-state index contributed by atoms with van der Waals surface area (Å²) in [6, 6.07) is 14.5. The molecule has 1 atom stereocenters. The van der Waals surface area contributed by atoms with Gasteiger partial charge in [0, 0.05) is 25.6 Å². The molecule has 0 radical (unpaired) electrons. The van der Waals surface area contributed by atoms with Gasteiger partial charge in [-0.15, -0.1) is 0 Å². The van der Waals surface area contributed by atoms with Gasteiger partial charge in [-0.1, -0.05) is 55.8 Å². The molecule has 2 aromatic rings. The van der Waals surface area contributed by atoms with Gasteiger partial charge in [0.15, 0.2) is 0 Å². The van der Waals surface area contributed by atoms with Gasteiger partial charge in [-0.05, 0) is 35.6 Å². The van der Waals surface area contributed by atoms with Crippen molar-refractivity contribution in [2.75, 3.05) is 6.54 Å². The summed E-state index contributed by atoms with van der Waals surface area (Å²) in [6.07, 6.45) is 3.85. The number of nitrogens with one attached hydrogen (secondary N) is 1. The standard InChI is InChI=1S/C22H28N2O3/c1-2-6-20(22(26)27)23-21(25)13-14-24(18-11-12-18)15-17-9-5-8-16-7-3-4-10-19(16)17/h3-5,7-10,18,20H,2,6,11-15H2,1H3,(H,23,25)(H,26,27). The summed E-state index contributed by atoms with van der Waals surface area (Å²) >= 11 is 0. The smallest absolute Gasteiger partial charge is 0.326 e. The molecule has 144 valence electrons. The Hall–Kier alpha value is -2.40. The van der Waals surface area contributed by atoms with Gasteiger partial charge in [0.05, 0.1) is 0 Å². The first-order chi connectivity index (χ1) is 13.1. The first-order valence-electron chi connectivity index (χ1n) is 9.81. The Bertz CT molecular complexity index is 796. The molecule has 3 rings (SSSR count). The summed E-state index contributed by atoms with van der Waals surface area (Å²) in [5, 5.41) is 14.3. The second-order valence-electron chi connectivity index (χ2n) is 7.34. The number of carbonyl (C=O) groups excluding carboxylic acids is 1. The summed E-state index contributed by atoms with van der Waals surface area (Å²) in [5.41, 5.74) is 1.27. The van der Waals surface area contributed by atoms with Gasteiger partial charge in [-0.2, -0.15) is 0 Å². The van der Waals surface area contributed by atoms with Gasteiger partial charge in [-0.25, -0.2) is 4.79 Å². The molecule has 0 aromatic heterocycles. The average Bonchev–Trinajstić information content (AvgIpc) is 3.50. The van der Waals surface area contributed by atoms with E-state index < -0.39 is 12.0 Å². The van der Waals surface area contributed by atoms with E-state index in [-0.39, 0.29) is 5.91 Å². The van der Waals surface area contributed by atoms with E-state index in [4.69, 9.17) is 0 Å². The van der Waals surface area contributed by atoms with Crippen molar-refractivity contribution in [1.82, 2.24) is 10.2 Å². The normalized spacial score (nSPS) is 15.0. The highest BCUT2D eigenvalue weighted by molar-refractivity contribution is 5.85. The number of carboxylic acid groups (broad SMARTS) is 1. The molecule has 0 heterocycles. The van der Waals surface area contributed by atoms with Gasteiger partial charge >= 0.3 is 5.97 Å². The lowest BCUT2D eigenvalue weighted by molar-refractivity contribution is -0.142. The van der Waals surface area contributed by atoms with Gasteiger partial charge in [0.1, 0.15) is 6.04 Å². The molecule has 1 fully saturated rings. The molecule has 1 aliphatic carbocycles. The molecule has 0 aliphatic heterocycles. The number of carboxylic acids is 1. The Kier molecular flexibility index (Phi) is 6.45. The number of nitrogens with zero attached hydrogens (tertiary/aromatic N) is 1. The number of hydrogen-bond acceptors (Lipinski definition) is 3. The lowest BCUT2D eigenvalue weighted by atomic mass is 10.0. The van der Waals surface area contributed by atoms with Crippen LogP contribution < -0.4 is 5.32 Å². The molecule has 0 spiro atoms. The molecule has 2 aromatic carbocycles. The highest BCUT2D eigenvalue weighted by Gasteiger charge is 2.29. The van der Waals surface area contributed by atoms with Crippen LogP contribution in [0, 0.1) is 0 Å². The maximum Gasteiger partial charge on any atom is 0.326 e. The topological polar surface area (TPSA) is 69.6 Å². The number of aliphatic carboxylic acids is 1. The van der Waals surface area contributed by atoms with E-state index in [9.17, 15) is 14.7 Å². The van der Waals surface area contributed by atoms with Crippen LogP contribution in [0.4, 0.5) is 0 Å². The van der Waals surface area contributed by atoms with Crippen molar-refractivity contribution < 1.29 is 14.7 Å². The molecule has 1 aliphatic rings. The minimum atomic E-state index is -0.958. The molecular weight excluding hydrogens is 340 g/mol. The van der Waals surface area contributed by atoms with Crippen molar-refractivity contribution in [3.8, 4) is 0 Å². The maximum atomic E-state index is 12.2. The average molecular weight is 368 g/mol. The van der Waals surface area contributed by atoms with E-state index in [2.05, 4.69) is 46.6 Å². The minimum Gasteiger partial charge on any atom is -0.480 e. The molecule has 27 heavy (non-hydrogen) atoms. The molecule has 0 saturated heterocycles. The Balaban J connectivity index is 1.61. The predicted molar refractivity (Wildman–Crippen MR) is 106 cm³/mol. The van der Waals surface area contributed by atoms with Gasteiger partial charge in [0.25, 0.3) is 0 Å². The number of fused-ring (bicyclic) bond motifs is 1. The molecule has 2 N–H and O–H groups in total. The third-order valence-corrected chi connectivity index (χ3v) is 5.15. The second kappa shape index (κ2) is 9.00. The maximum absolute atomic E-state index is 12.2. The fraction of sp³-hybridized carbons (Fsp3) is 0.455. The number of benzene rings is 2. The third-order valence-electron chi connectivity index (χ3n) is 5.15. The van der Waals surface area contributed by atoms with Crippen LogP contribution in [0.3, 0.4) is 0 Å². The lowest BCUT2D eigenvalue weighted by Crippen LogP contribution is -2.42. The van der Waals surface area contributed by atoms with Crippen molar-refractivity contribution in [3.05, 3.63) is 48.0 Å². The Labute approximate surface area is 160 Å². The number of hydrogen-bond donors (Lipinski definition) is 2. The van der Waals surface area contributed by atoms with Crippen LogP contribution in [0.1, 0.15) is 44.6 Å². The zero-order chi connectivity index (χ0) is 19.2. The summed E-state index contributed by atoms with van der Waals surface area (Å²) in [6.45, 7) is 3.38. The monoisotopic (exact) mass is 368 g/mol. The van der Waals surface area contributed by atoms with E-state index in [1.165, 1.54) is 29.2 Å². The second-order valence-corrected chi connectivity index (χ2v) is 7.34. The van der Waals surface area contributed by atoms with Crippen molar-refractivity contribution in [2.24, 2.45) is 0 Å². The van der Waals surface area contributed by atoms with E-state index in [0.29, 0.717) is 25.4 Å². The fourth-order valence-corrected chi connectivity index (χ4v) is 3.54. The number of rotatable bonds is 10. The van der Waals surface area contributed by atoms with Crippen LogP contribution in [-0.2, 0) is 16.1 Å². The van der Waals surface area contributed by atoms with E-state index in [1.807, 2.05) is 13.0 Å². The Morgan fingerprint density at radius 3 is 2.63 bits per heavy atom. The Morgan fingerprint density at radius 1 is 1.19 bits per heavy atom. The first-order valence-corrected chi connectivity index (χ1v) is 9.81. The van der Waals surface area contributed by atoms with Crippen LogP contribution in [0.2, 0.25) is 0 Å². The van der Waals surface area contributed by atoms with Crippen LogP contribution in [0.15, 0.2) is 42.5 Å². The first kappa shape index (κ1) is 19.4. The summed E-state index contributed by atoms with van der Waals surface area (Å²) < 4.78 is 0. The summed E-state index contributed by atoms with van der Waals surface area (Å²) in [4.78, 5) is 25.8. The van der Waals surface area contributed by atoms with Crippen LogP contribution in [0.25, 0.3) is 10.8 Å². The summed E-state index contributed by atoms with van der Waals surface area (Å²) in [5.74, 6) is -1.14. The zero-order valence-corrected chi connectivity index (χ0v) is 15.9. The zero-order valence-electron chi connectivity index (χ0n) is 15.9. The third kappa shape index (κ3) is 5.30. The molecule has 1 unspecified atom stereocenters. The lowest BCUT2D eigenvalue weighted by Gasteiger charge is -2.23. The van der Waals surface area contributed by atoms with Gasteiger partial charge in [0.2, 0.25) is 5.91 Å². The van der Waals surface area contributed by atoms with Crippen LogP contribution in [-0.4, -0.2) is 40.5 Å². The highest BCUT2D eigenvalue weighted by atomic mass is 16.4. The quantitative estimate of drug-likeness (QED) is 0.673. The van der Waals surface area contributed by atoms with E-state index in [1.54, 1.807) is 0 Å². The Morgan fingerprint density at radius 2 is 1.93 bits per heavy atom. The summed E-state index contributed by atoms with van der Waals surface area (Å²) in [7, 11) is 0. The van der Waals surface area contributed by atoms with Crippen molar-refractivity contribution in [3.63, 3.8) is 0 Å². The van der Waals surface area contributed by atoms with Crippen molar-refractivity contribution in [1.29, 1.82) is 0 Å². The van der Waals surface area contributed by atoms with Crippen LogP contribution in [0.5, 0.6) is 0 Å². The molecular formula is C22H28N2O3. The highest BCUT2D eigenvalue weighted by Crippen LogP contribution is 2.30. The van der Waals surface area contributed by atoms with E-state index in [0.717, 1.165) is 13.0 Å². The number of carbonyl (C=O) groups is 2. The fourth-order valence-electron chi connectivity index (χ4n) is 3.54. The molecule has 0 bridgehead atoms. The van der Waals surface area contributed by atoms with E-state index >= 15 is 0 Å². The largest absolute Gasteiger partial charge is 0.480 e. The van der Waals surface area contributed by atoms with Crippen molar-refractivity contribution >= 4 is 22.6 Å². The van der Waals surface area contributed by atoms with Gasteiger partial charge < -0.3 is 10.4 Å². The predicted octanol–water partition coefficient (Wildman–Crippen LogP) is 3.56. The molecule has 5 nitrogen and oxygen atoms in total. The van der Waals surface area contributed by atoms with Crippen molar-refractivity contribution in [2.45, 2.75) is 57.7 Å².